The minimum absolute atomic E-state index is 0.00940. The normalized spacial score (nSPS) is 10.6. The maximum Gasteiger partial charge on any atom is 0.174 e. The zero-order valence-corrected chi connectivity index (χ0v) is 13.4. The maximum absolute atomic E-state index is 12.1. The van der Waals surface area contributed by atoms with E-state index in [-0.39, 0.29) is 5.78 Å². The molecule has 0 saturated heterocycles. The third kappa shape index (κ3) is 4.27. The number of thioether (sulfide) groups is 1. The fourth-order valence-corrected chi connectivity index (χ4v) is 3.11. The van der Waals surface area contributed by atoms with E-state index in [4.69, 9.17) is 23.2 Å². The Bertz CT molecular complexity index is 626. The van der Waals surface area contributed by atoms with Crippen LogP contribution < -0.4 is 0 Å². The van der Waals surface area contributed by atoms with Crippen LogP contribution in [0.15, 0.2) is 42.5 Å². The van der Waals surface area contributed by atoms with Crippen molar-refractivity contribution in [3.63, 3.8) is 0 Å². The van der Waals surface area contributed by atoms with E-state index >= 15 is 0 Å². The van der Waals surface area contributed by atoms with Gasteiger partial charge < -0.3 is 0 Å². The van der Waals surface area contributed by atoms with Crippen LogP contribution in [0, 0.1) is 6.92 Å². The van der Waals surface area contributed by atoms with Crippen molar-refractivity contribution in [3.8, 4) is 0 Å². The SMILES string of the molecule is Cc1cccc(CSCC(=O)c2cc(Cl)ccc2Cl)c1. The number of benzene rings is 2. The van der Waals surface area contributed by atoms with Crippen LogP contribution in [0.1, 0.15) is 21.5 Å². The number of carbonyl (C=O) groups excluding carboxylic acids is 1. The van der Waals surface area contributed by atoms with E-state index in [1.165, 1.54) is 11.1 Å². The second kappa shape index (κ2) is 7.16. The van der Waals surface area contributed by atoms with Gasteiger partial charge in [0, 0.05) is 16.3 Å². The summed E-state index contributed by atoms with van der Waals surface area (Å²) in [5.74, 6) is 1.22. The molecule has 0 aromatic heterocycles. The molecule has 0 bridgehead atoms. The first-order valence-corrected chi connectivity index (χ1v) is 8.09. The van der Waals surface area contributed by atoms with Crippen LogP contribution in [0.5, 0.6) is 0 Å². The lowest BCUT2D eigenvalue weighted by Crippen LogP contribution is -2.03. The average Bonchev–Trinajstić information content (AvgIpc) is 2.41. The van der Waals surface area contributed by atoms with Gasteiger partial charge in [-0.3, -0.25) is 4.79 Å². The van der Waals surface area contributed by atoms with Gasteiger partial charge in [0.05, 0.1) is 10.8 Å². The molecule has 0 aliphatic carbocycles. The van der Waals surface area contributed by atoms with E-state index in [2.05, 4.69) is 25.1 Å². The molecule has 20 heavy (non-hydrogen) atoms. The van der Waals surface area contributed by atoms with Gasteiger partial charge in [0.15, 0.2) is 5.78 Å². The lowest BCUT2D eigenvalue weighted by atomic mass is 10.1. The lowest BCUT2D eigenvalue weighted by Gasteiger charge is -2.05. The first kappa shape index (κ1) is 15.4. The van der Waals surface area contributed by atoms with E-state index < -0.39 is 0 Å². The van der Waals surface area contributed by atoms with Crippen molar-refractivity contribution in [3.05, 3.63) is 69.2 Å². The van der Waals surface area contributed by atoms with Gasteiger partial charge in [-0.05, 0) is 30.7 Å². The smallest absolute Gasteiger partial charge is 0.174 e. The predicted molar refractivity (Wildman–Crippen MR) is 88.1 cm³/mol. The number of hydrogen-bond donors (Lipinski definition) is 0. The topological polar surface area (TPSA) is 17.1 Å². The third-order valence-corrected chi connectivity index (χ3v) is 4.38. The van der Waals surface area contributed by atoms with Crippen LogP contribution in [0.3, 0.4) is 0 Å². The van der Waals surface area contributed by atoms with Crippen molar-refractivity contribution < 1.29 is 4.79 Å². The van der Waals surface area contributed by atoms with Crippen molar-refractivity contribution in [2.45, 2.75) is 12.7 Å². The Kier molecular flexibility index (Phi) is 5.53. The molecule has 0 fully saturated rings. The van der Waals surface area contributed by atoms with Crippen LogP contribution in [0.4, 0.5) is 0 Å². The van der Waals surface area contributed by atoms with Gasteiger partial charge >= 0.3 is 0 Å². The van der Waals surface area contributed by atoms with Gasteiger partial charge in [-0.2, -0.15) is 0 Å². The molecule has 2 rings (SSSR count). The molecule has 0 heterocycles. The number of carbonyl (C=O) groups is 1. The van der Waals surface area contributed by atoms with Crippen molar-refractivity contribution in [1.82, 2.24) is 0 Å². The Labute approximate surface area is 133 Å². The van der Waals surface area contributed by atoms with E-state index in [9.17, 15) is 4.79 Å². The third-order valence-electron chi connectivity index (χ3n) is 2.81. The van der Waals surface area contributed by atoms with Gasteiger partial charge in [-0.1, -0.05) is 53.0 Å². The summed E-state index contributed by atoms with van der Waals surface area (Å²) in [6.45, 7) is 2.06. The molecule has 0 aliphatic rings. The summed E-state index contributed by atoms with van der Waals surface area (Å²) >= 11 is 13.5. The highest BCUT2D eigenvalue weighted by atomic mass is 35.5. The molecule has 2 aromatic carbocycles. The summed E-state index contributed by atoms with van der Waals surface area (Å²) < 4.78 is 0. The molecule has 0 unspecified atom stereocenters. The fourth-order valence-electron chi connectivity index (χ4n) is 1.85. The minimum atomic E-state index is 0.00940. The van der Waals surface area contributed by atoms with E-state index in [0.717, 1.165) is 5.75 Å². The molecule has 104 valence electrons. The Morgan fingerprint density at radius 3 is 2.70 bits per heavy atom. The average molecular weight is 325 g/mol. The van der Waals surface area contributed by atoms with Crippen LogP contribution in [0.2, 0.25) is 10.0 Å². The molecule has 0 N–H and O–H groups in total. The number of ketones is 1. The Balaban J connectivity index is 1.94. The lowest BCUT2D eigenvalue weighted by molar-refractivity contribution is 0.102. The zero-order valence-electron chi connectivity index (χ0n) is 11.0. The number of halogens is 2. The second-order valence-electron chi connectivity index (χ2n) is 4.53. The van der Waals surface area contributed by atoms with Gasteiger partial charge in [0.25, 0.3) is 0 Å². The molecular formula is C16H14Cl2OS. The summed E-state index contributed by atoms with van der Waals surface area (Å²) in [5.41, 5.74) is 2.95. The van der Waals surface area contributed by atoms with Crippen molar-refractivity contribution >= 4 is 40.7 Å². The van der Waals surface area contributed by atoms with Crippen LogP contribution in [-0.4, -0.2) is 11.5 Å². The van der Waals surface area contributed by atoms with Crippen molar-refractivity contribution in [2.75, 3.05) is 5.75 Å². The molecule has 2 aromatic rings. The molecule has 0 atom stereocenters. The van der Waals surface area contributed by atoms with Gasteiger partial charge in [-0.25, -0.2) is 0 Å². The monoisotopic (exact) mass is 324 g/mol. The Hall–Kier alpha value is -0.960. The van der Waals surface area contributed by atoms with Gasteiger partial charge in [-0.15, -0.1) is 11.8 Å². The number of rotatable bonds is 5. The van der Waals surface area contributed by atoms with Gasteiger partial charge in [0.2, 0.25) is 0 Å². The zero-order chi connectivity index (χ0) is 14.5. The molecule has 0 aliphatic heterocycles. The molecule has 0 spiro atoms. The van der Waals surface area contributed by atoms with E-state index in [0.29, 0.717) is 21.4 Å². The molecule has 0 amide bonds. The molecule has 4 heteroatoms. The summed E-state index contributed by atoms with van der Waals surface area (Å²) in [6.07, 6.45) is 0. The Morgan fingerprint density at radius 1 is 1.15 bits per heavy atom. The molecular weight excluding hydrogens is 311 g/mol. The molecule has 1 nitrogen and oxygen atoms in total. The van der Waals surface area contributed by atoms with Gasteiger partial charge in [0.1, 0.15) is 0 Å². The van der Waals surface area contributed by atoms with Crippen LogP contribution in [0.25, 0.3) is 0 Å². The number of hydrogen-bond acceptors (Lipinski definition) is 2. The highest BCUT2D eigenvalue weighted by Gasteiger charge is 2.11. The number of aryl methyl sites for hydroxylation is 1. The first-order valence-electron chi connectivity index (χ1n) is 6.18. The fraction of sp³-hybridized carbons (Fsp3) is 0.188. The quantitative estimate of drug-likeness (QED) is 0.683. The predicted octanol–water partition coefficient (Wildman–Crippen LogP) is 5.42. The van der Waals surface area contributed by atoms with Crippen molar-refractivity contribution in [1.29, 1.82) is 0 Å². The first-order chi connectivity index (χ1) is 9.56. The molecule has 0 saturated carbocycles. The summed E-state index contributed by atoms with van der Waals surface area (Å²) in [6, 6.07) is 13.2. The summed E-state index contributed by atoms with van der Waals surface area (Å²) in [7, 11) is 0. The standard InChI is InChI=1S/C16H14Cl2OS/c1-11-3-2-4-12(7-11)9-20-10-16(19)14-8-13(17)5-6-15(14)18/h2-8H,9-10H2,1H3. The highest BCUT2D eigenvalue weighted by Crippen LogP contribution is 2.23. The largest absolute Gasteiger partial charge is 0.293 e. The van der Waals surface area contributed by atoms with Crippen LogP contribution in [-0.2, 0) is 5.75 Å². The Morgan fingerprint density at radius 2 is 1.95 bits per heavy atom. The number of Topliss-reactive ketones (excluding diaryl/α,β-unsaturated/α-hetero) is 1. The summed E-state index contributed by atoms with van der Waals surface area (Å²) in [5, 5.41) is 0.983. The van der Waals surface area contributed by atoms with E-state index in [1.807, 2.05) is 6.07 Å². The van der Waals surface area contributed by atoms with Crippen molar-refractivity contribution in [2.24, 2.45) is 0 Å². The highest BCUT2D eigenvalue weighted by molar-refractivity contribution is 7.99. The van der Waals surface area contributed by atoms with Crippen LogP contribution >= 0.6 is 35.0 Å². The summed E-state index contributed by atoms with van der Waals surface area (Å²) in [4.78, 5) is 12.1. The molecule has 0 radical (unpaired) electrons. The minimum Gasteiger partial charge on any atom is -0.293 e. The maximum atomic E-state index is 12.1. The second-order valence-corrected chi connectivity index (χ2v) is 6.36. The van der Waals surface area contributed by atoms with E-state index in [1.54, 1.807) is 30.0 Å².